The Bertz CT molecular complexity index is 871. The van der Waals surface area contributed by atoms with Gasteiger partial charge in [-0.25, -0.2) is 4.98 Å². The van der Waals surface area contributed by atoms with Crippen molar-refractivity contribution in [3.63, 3.8) is 0 Å². The van der Waals surface area contributed by atoms with E-state index in [4.69, 9.17) is 14.1 Å². The van der Waals surface area contributed by atoms with E-state index in [2.05, 4.69) is 30.1 Å². The lowest BCUT2D eigenvalue weighted by Gasteiger charge is -2.28. The SMILES string of the molecule is Cc1cccc(-c2nc(CO[C@@H]3CCC[C@H](CC=C4C=NCS4)C3)c(C)o2)c1. The molecule has 1 saturated carbocycles. The van der Waals surface area contributed by atoms with Gasteiger partial charge in [-0.2, -0.15) is 0 Å². The molecule has 0 bridgehead atoms. The van der Waals surface area contributed by atoms with E-state index in [9.17, 15) is 0 Å². The maximum absolute atomic E-state index is 6.25. The van der Waals surface area contributed by atoms with Crippen LogP contribution in [0.3, 0.4) is 0 Å². The van der Waals surface area contributed by atoms with E-state index in [0.717, 1.165) is 42.2 Å². The lowest BCUT2D eigenvalue weighted by Crippen LogP contribution is -2.22. The molecule has 1 aromatic carbocycles. The summed E-state index contributed by atoms with van der Waals surface area (Å²) in [4.78, 5) is 10.3. The Morgan fingerprint density at radius 3 is 3.04 bits per heavy atom. The van der Waals surface area contributed by atoms with Gasteiger partial charge in [0.1, 0.15) is 11.5 Å². The van der Waals surface area contributed by atoms with Crippen molar-refractivity contribution in [3.8, 4) is 11.5 Å². The zero-order chi connectivity index (χ0) is 19.3. The molecule has 2 heterocycles. The molecule has 0 amide bonds. The average molecular weight is 397 g/mol. The molecule has 2 aliphatic rings. The summed E-state index contributed by atoms with van der Waals surface area (Å²) in [5.74, 6) is 3.13. The molecule has 28 heavy (non-hydrogen) atoms. The van der Waals surface area contributed by atoms with Crippen molar-refractivity contribution in [3.05, 3.63) is 52.3 Å². The summed E-state index contributed by atoms with van der Waals surface area (Å²) in [6, 6.07) is 8.25. The Kier molecular flexibility index (Phi) is 6.33. The Morgan fingerprint density at radius 2 is 2.21 bits per heavy atom. The largest absolute Gasteiger partial charge is 0.441 e. The van der Waals surface area contributed by atoms with Gasteiger partial charge in [-0.3, -0.25) is 4.99 Å². The maximum Gasteiger partial charge on any atom is 0.226 e. The number of hydrogen-bond acceptors (Lipinski definition) is 5. The Balaban J connectivity index is 1.32. The molecule has 0 spiro atoms. The quantitative estimate of drug-likeness (QED) is 0.593. The number of allylic oxidation sites excluding steroid dienone is 2. The van der Waals surface area contributed by atoms with Crippen LogP contribution in [0.25, 0.3) is 11.5 Å². The second-order valence-corrected chi connectivity index (χ2v) is 8.80. The molecule has 0 unspecified atom stereocenters. The molecular weight excluding hydrogens is 368 g/mol. The van der Waals surface area contributed by atoms with E-state index in [-0.39, 0.29) is 0 Å². The molecule has 148 valence electrons. The van der Waals surface area contributed by atoms with Crippen molar-refractivity contribution in [2.24, 2.45) is 10.9 Å². The number of aryl methyl sites for hydroxylation is 2. The van der Waals surface area contributed by atoms with Crippen LogP contribution in [-0.2, 0) is 11.3 Å². The summed E-state index contributed by atoms with van der Waals surface area (Å²) >= 11 is 1.83. The van der Waals surface area contributed by atoms with Crippen molar-refractivity contribution in [2.45, 2.75) is 58.7 Å². The van der Waals surface area contributed by atoms with Crippen LogP contribution in [0.4, 0.5) is 0 Å². The molecule has 1 aromatic heterocycles. The molecule has 4 nitrogen and oxygen atoms in total. The molecule has 2 aromatic rings. The Morgan fingerprint density at radius 1 is 1.29 bits per heavy atom. The van der Waals surface area contributed by atoms with Crippen LogP contribution in [0, 0.1) is 19.8 Å². The van der Waals surface area contributed by atoms with Crippen molar-refractivity contribution >= 4 is 18.0 Å². The zero-order valence-electron chi connectivity index (χ0n) is 16.7. The van der Waals surface area contributed by atoms with Gasteiger partial charge in [0, 0.05) is 16.7 Å². The number of thioether (sulfide) groups is 1. The number of benzene rings is 1. The third kappa shape index (κ3) is 4.95. The summed E-state index contributed by atoms with van der Waals surface area (Å²) in [6.45, 7) is 4.58. The third-order valence-corrected chi connectivity index (χ3v) is 6.41. The highest BCUT2D eigenvalue weighted by atomic mass is 32.2. The minimum Gasteiger partial charge on any atom is -0.441 e. The fourth-order valence-electron chi connectivity index (χ4n) is 3.94. The lowest BCUT2D eigenvalue weighted by atomic mass is 9.85. The second-order valence-electron chi connectivity index (χ2n) is 7.78. The standard InChI is InChI=1S/C23H28N2O2S/c1-16-5-3-7-19(11-16)23-25-22(17(2)27-23)14-26-20-8-4-6-18(12-20)9-10-21-13-24-15-28-21/h3,5,7,10-11,13,18,20H,4,6,8-9,12,14-15H2,1-2H3/t18-,20-/m1/s1. The number of aliphatic imine (C=N–C) groups is 1. The summed E-state index contributed by atoms with van der Waals surface area (Å²) in [7, 11) is 0. The molecular formula is C23H28N2O2S. The molecule has 2 atom stereocenters. The smallest absolute Gasteiger partial charge is 0.226 e. The van der Waals surface area contributed by atoms with Crippen LogP contribution in [0.5, 0.6) is 0 Å². The molecule has 1 aliphatic heterocycles. The predicted octanol–water partition coefficient (Wildman–Crippen LogP) is 6.08. The monoisotopic (exact) mass is 396 g/mol. The fourth-order valence-corrected chi connectivity index (χ4v) is 4.60. The first-order valence-corrected chi connectivity index (χ1v) is 11.1. The highest BCUT2D eigenvalue weighted by Gasteiger charge is 2.23. The first-order valence-electron chi connectivity index (χ1n) is 10.1. The summed E-state index contributed by atoms with van der Waals surface area (Å²) in [6.07, 6.45) is 10.6. The van der Waals surface area contributed by atoms with Gasteiger partial charge in [0.15, 0.2) is 0 Å². The van der Waals surface area contributed by atoms with Gasteiger partial charge >= 0.3 is 0 Å². The van der Waals surface area contributed by atoms with Gasteiger partial charge in [0.25, 0.3) is 0 Å². The summed E-state index contributed by atoms with van der Waals surface area (Å²) in [5.41, 5.74) is 3.14. The zero-order valence-corrected chi connectivity index (χ0v) is 17.5. The number of oxazole rings is 1. The molecule has 0 N–H and O–H groups in total. The molecule has 0 saturated heterocycles. The molecule has 5 heteroatoms. The van der Waals surface area contributed by atoms with E-state index < -0.39 is 0 Å². The number of rotatable bonds is 6. The van der Waals surface area contributed by atoms with Crippen LogP contribution in [0.2, 0.25) is 0 Å². The summed E-state index contributed by atoms with van der Waals surface area (Å²) < 4.78 is 12.1. The normalized spacial score (nSPS) is 23.6. The number of nitrogens with zero attached hydrogens (tertiary/aromatic N) is 2. The average Bonchev–Trinajstić information content (AvgIpc) is 3.35. The van der Waals surface area contributed by atoms with Crippen LogP contribution >= 0.6 is 11.8 Å². The van der Waals surface area contributed by atoms with Gasteiger partial charge in [-0.1, -0.05) is 30.2 Å². The third-order valence-electron chi connectivity index (χ3n) is 5.52. The molecule has 1 aliphatic carbocycles. The molecule has 1 fully saturated rings. The van der Waals surface area contributed by atoms with Crippen molar-refractivity contribution < 1.29 is 9.15 Å². The lowest BCUT2D eigenvalue weighted by molar-refractivity contribution is 0.000932. The molecule has 0 radical (unpaired) electrons. The first kappa shape index (κ1) is 19.5. The van der Waals surface area contributed by atoms with Gasteiger partial charge in [0.05, 0.1) is 18.6 Å². The number of hydrogen-bond donors (Lipinski definition) is 0. The highest BCUT2D eigenvalue weighted by molar-refractivity contribution is 8.04. The minimum atomic E-state index is 0.320. The molecule has 4 rings (SSSR count). The maximum atomic E-state index is 6.25. The van der Waals surface area contributed by atoms with Crippen molar-refractivity contribution in [1.82, 2.24) is 4.98 Å². The Hall–Kier alpha value is -1.85. The van der Waals surface area contributed by atoms with E-state index in [0.29, 0.717) is 24.5 Å². The number of aromatic nitrogens is 1. The van der Waals surface area contributed by atoms with Gasteiger partial charge in [-0.05, 0) is 57.6 Å². The Labute approximate surface area is 171 Å². The van der Waals surface area contributed by atoms with Crippen LogP contribution in [0.1, 0.15) is 49.1 Å². The minimum absolute atomic E-state index is 0.320. The van der Waals surface area contributed by atoms with Crippen LogP contribution in [0.15, 0.2) is 44.7 Å². The van der Waals surface area contributed by atoms with Crippen LogP contribution in [-0.4, -0.2) is 23.2 Å². The van der Waals surface area contributed by atoms with E-state index in [1.807, 2.05) is 37.0 Å². The van der Waals surface area contributed by atoms with Gasteiger partial charge < -0.3 is 9.15 Å². The van der Waals surface area contributed by atoms with Gasteiger partial charge in [0.2, 0.25) is 5.89 Å². The fraction of sp³-hybridized carbons (Fsp3) is 0.478. The van der Waals surface area contributed by atoms with Crippen molar-refractivity contribution in [1.29, 1.82) is 0 Å². The first-order chi connectivity index (χ1) is 13.7. The van der Waals surface area contributed by atoms with Crippen molar-refractivity contribution in [2.75, 3.05) is 5.88 Å². The highest BCUT2D eigenvalue weighted by Crippen LogP contribution is 2.31. The van der Waals surface area contributed by atoms with Crippen LogP contribution < -0.4 is 0 Å². The topological polar surface area (TPSA) is 47.6 Å². The number of ether oxygens (including phenoxy) is 1. The van der Waals surface area contributed by atoms with Gasteiger partial charge in [-0.15, -0.1) is 11.8 Å². The van der Waals surface area contributed by atoms with E-state index in [1.54, 1.807) is 0 Å². The second kappa shape index (κ2) is 9.10. The van der Waals surface area contributed by atoms with E-state index in [1.165, 1.54) is 23.3 Å². The van der Waals surface area contributed by atoms with E-state index >= 15 is 0 Å². The summed E-state index contributed by atoms with van der Waals surface area (Å²) in [5, 5.41) is 0. The predicted molar refractivity (Wildman–Crippen MR) is 116 cm³/mol.